The van der Waals surface area contributed by atoms with E-state index in [-0.39, 0.29) is 24.5 Å². The Kier molecular flexibility index (Phi) is 7.49. The average Bonchev–Trinajstić information content (AvgIpc) is 2.16. The van der Waals surface area contributed by atoms with Crippen LogP contribution in [-0.2, 0) is 19.1 Å². The van der Waals surface area contributed by atoms with Gasteiger partial charge in [0.05, 0.1) is 12.6 Å². The molecule has 16 heavy (non-hydrogen) atoms. The third-order valence-electron chi connectivity index (χ3n) is 1.96. The Morgan fingerprint density at radius 1 is 1.31 bits per heavy atom. The Bertz CT molecular complexity index is 229. The molecule has 1 amide bonds. The number of aliphatic carboxylic acids is 1. The summed E-state index contributed by atoms with van der Waals surface area (Å²) >= 11 is 0. The fourth-order valence-corrected chi connectivity index (χ4v) is 1.06. The van der Waals surface area contributed by atoms with Crippen LogP contribution in [0, 0.1) is 5.92 Å². The van der Waals surface area contributed by atoms with Crippen LogP contribution in [0.4, 0.5) is 0 Å². The van der Waals surface area contributed by atoms with E-state index < -0.39 is 12.6 Å². The molecule has 0 aromatic carbocycles. The number of hydrogen-bond acceptors (Lipinski definition) is 4. The minimum atomic E-state index is -1.09. The van der Waals surface area contributed by atoms with E-state index in [1.54, 1.807) is 7.11 Å². The predicted molar refractivity (Wildman–Crippen MR) is 57.1 cm³/mol. The summed E-state index contributed by atoms with van der Waals surface area (Å²) < 4.78 is 9.62. The molecule has 0 heterocycles. The van der Waals surface area contributed by atoms with E-state index in [0.717, 1.165) is 0 Å². The molecule has 6 heteroatoms. The molecular weight excluding hydrogens is 214 g/mol. The van der Waals surface area contributed by atoms with E-state index in [1.807, 2.05) is 13.8 Å². The second-order valence-electron chi connectivity index (χ2n) is 3.76. The Hall–Kier alpha value is -1.14. The lowest BCUT2D eigenvalue weighted by Crippen LogP contribution is -2.43. The molecule has 0 rings (SSSR count). The molecule has 0 aromatic heterocycles. The van der Waals surface area contributed by atoms with Gasteiger partial charge in [-0.25, -0.2) is 4.79 Å². The number of hydrogen-bond donors (Lipinski definition) is 2. The number of carbonyl (C=O) groups excluding carboxylic acids is 1. The molecule has 0 aliphatic carbocycles. The topological polar surface area (TPSA) is 84.9 Å². The smallest absolute Gasteiger partial charge is 0.329 e. The summed E-state index contributed by atoms with van der Waals surface area (Å²) in [6, 6.07) is -0.0917. The fraction of sp³-hybridized carbons (Fsp3) is 0.800. The van der Waals surface area contributed by atoms with Crippen molar-refractivity contribution in [3.05, 3.63) is 0 Å². The maximum absolute atomic E-state index is 11.3. The van der Waals surface area contributed by atoms with Crippen molar-refractivity contribution in [1.82, 2.24) is 5.32 Å². The molecule has 0 saturated carbocycles. The maximum atomic E-state index is 11.3. The van der Waals surface area contributed by atoms with Crippen molar-refractivity contribution < 1.29 is 24.2 Å². The number of rotatable bonds is 8. The molecule has 94 valence electrons. The van der Waals surface area contributed by atoms with Crippen LogP contribution in [0.15, 0.2) is 0 Å². The van der Waals surface area contributed by atoms with Crippen LogP contribution >= 0.6 is 0 Å². The van der Waals surface area contributed by atoms with E-state index in [4.69, 9.17) is 9.84 Å². The number of carboxylic acid groups (broad SMARTS) is 1. The van der Waals surface area contributed by atoms with Crippen LogP contribution in [0.25, 0.3) is 0 Å². The largest absolute Gasteiger partial charge is 0.480 e. The van der Waals surface area contributed by atoms with Gasteiger partial charge in [-0.2, -0.15) is 0 Å². The van der Waals surface area contributed by atoms with Crippen LogP contribution < -0.4 is 5.32 Å². The average molecular weight is 233 g/mol. The van der Waals surface area contributed by atoms with Crippen LogP contribution in [0.1, 0.15) is 13.8 Å². The first-order chi connectivity index (χ1) is 7.47. The molecule has 1 unspecified atom stereocenters. The van der Waals surface area contributed by atoms with E-state index in [9.17, 15) is 9.59 Å². The SMILES string of the molecule is COCC(NC(=O)COCC(=O)O)C(C)C. The highest BCUT2D eigenvalue weighted by Gasteiger charge is 2.15. The van der Waals surface area contributed by atoms with Gasteiger partial charge >= 0.3 is 5.97 Å². The van der Waals surface area contributed by atoms with Crippen molar-refractivity contribution in [3.63, 3.8) is 0 Å². The summed E-state index contributed by atoms with van der Waals surface area (Å²) in [6.07, 6.45) is 0. The summed E-state index contributed by atoms with van der Waals surface area (Å²) in [7, 11) is 1.56. The van der Waals surface area contributed by atoms with Crippen LogP contribution in [-0.4, -0.2) is 50.0 Å². The Morgan fingerprint density at radius 3 is 2.38 bits per heavy atom. The molecule has 0 spiro atoms. The van der Waals surface area contributed by atoms with Crippen LogP contribution in [0.3, 0.4) is 0 Å². The van der Waals surface area contributed by atoms with Gasteiger partial charge in [0.15, 0.2) is 0 Å². The van der Waals surface area contributed by atoms with Gasteiger partial charge < -0.3 is 19.9 Å². The van der Waals surface area contributed by atoms with Crippen molar-refractivity contribution in [2.75, 3.05) is 26.9 Å². The summed E-state index contributed by atoms with van der Waals surface area (Å²) in [5.74, 6) is -1.19. The molecule has 0 aromatic rings. The molecule has 2 N–H and O–H groups in total. The zero-order chi connectivity index (χ0) is 12.6. The minimum absolute atomic E-state index is 0.0917. The molecule has 0 aliphatic heterocycles. The van der Waals surface area contributed by atoms with Crippen molar-refractivity contribution >= 4 is 11.9 Å². The summed E-state index contributed by atoms with van der Waals surface area (Å²) in [6.45, 7) is 3.62. The normalized spacial score (nSPS) is 12.5. The fourth-order valence-electron chi connectivity index (χ4n) is 1.06. The van der Waals surface area contributed by atoms with Gasteiger partial charge in [0.2, 0.25) is 5.91 Å². The number of amides is 1. The van der Waals surface area contributed by atoms with Gasteiger partial charge in [-0.3, -0.25) is 4.79 Å². The van der Waals surface area contributed by atoms with E-state index in [2.05, 4.69) is 10.1 Å². The molecule has 0 fully saturated rings. The third-order valence-corrected chi connectivity index (χ3v) is 1.96. The van der Waals surface area contributed by atoms with Crippen LogP contribution in [0.2, 0.25) is 0 Å². The first-order valence-corrected chi connectivity index (χ1v) is 5.05. The second-order valence-corrected chi connectivity index (χ2v) is 3.76. The van der Waals surface area contributed by atoms with Crippen molar-refractivity contribution in [1.29, 1.82) is 0 Å². The highest BCUT2D eigenvalue weighted by molar-refractivity contribution is 5.78. The first-order valence-electron chi connectivity index (χ1n) is 5.05. The molecule has 1 atom stereocenters. The first kappa shape index (κ1) is 14.9. The van der Waals surface area contributed by atoms with Crippen molar-refractivity contribution in [2.24, 2.45) is 5.92 Å². The Morgan fingerprint density at radius 2 is 1.94 bits per heavy atom. The monoisotopic (exact) mass is 233 g/mol. The molecule has 0 bridgehead atoms. The lowest BCUT2D eigenvalue weighted by molar-refractivity contribution is -0.143. The van der Waals surface area contributed by atoms with Crippen molar-refractivity contribution in [2.45, 2.75) is 19.9 Å². The Balaban J connectivity index is 3.86. The lowest BCUT2D eigenvalue weighted by atomic mass is 10.1. The summed E-state index contributed by atoms with van der Waals surface area (Å²) in [5, 5.41) is 11.0. The predicted octanol–water partition coefficient (Wildman–Crippen LogP) is -0.125. The zero-order valence-electron chi connectivity index (χ0n) is 9.86. The number of ether oxygens (including phenoxy) is 2. The molecule has 0 saturated heterocycles. The van der Waals surface area contributed by atoms with E-state index >= 15 is 0 Å². The number of methoxy groups -OCH3 is 1. The standard InChI is InChI=1S/C10H19NO5/c1-7(2)8(4-15-3)11-9(12)5-16-6-10(13)14/h7-8H,4-6H2,1-3H3,(H,11,12)(H,13,14). The van der Waals surface area contributed by atoms with Gasteiger partial charge in [-0.15, -0.1) is 0 Å². The molecule has 0 radical (unpaired) electrons. The van der Waals surface area contributed by atoms with Crippen LogP contribution in [0.5, 0.6) is 0 Å². The summed E-state index contributed by atoms with van der Waals surface area (Å²) in [5.41, 5.74) is 0. The van der Waals surface area contributed by atoms with Gasteiger partial charge in [0.25, 0.3) is 0 Å². The number of carboxylic acids is 1. The Labute approximate surface area is 94.9 Å². The van der Waals surface area contributed by atoms with E-state index in [1.165, 1.54) is 0 Å². The molecule has 6 nitrogen and oxygen atoms in total. The van der Waals surface area contributed by atoms with E-state index in [0.29, 0.717) is 6.61 Å². The minimum Gasteiger partial charge on any atom is -0.480 e. The number of carbonyl (C=O) groups is 2. The van der Waals surface area contributed by atoms with Gasteiger partial charge in [0.1, 0.15) is 13.2 Å². The van der Waals surface area contributed by atoms with Gasteiger partial charge in [0, 0.05) is 7.11 Å². The highest BCUT2D eigenvalue weighted by Crippen LogP contribution is 2.01. The second kappa shape index (κ2) is 8.06. The third kappa shape index (κ3) is 7.19. The van der Waals surface area contributed by atoms with Gasteiger partial charge in [-0.1, -0.05) is 13.8 Å². The van der Waals surface area contributed by atoms with Crippen molar-refractivity contribution in [3.8, 4) is 0 Å². The number of nitrogens with one attached hydrogen (secondary N) is 1. The van der Waals surface area contributed by atoms with Gasteiger partial charge in [-0.05, 0) is 5.92 Å². The maximum Gasteiger partial charge on any atom is 0.329 e. The lowest BCUT2D eigenvalue weighted by Gasteiger charge is -2.21. The zero-order valence-corrected chi connectivity index (χ0v) is 9.86. The molecular formula is C10H19NO5. The highest BCUT2D eigenvalue weighted by atomic mass is 16.5. The molecule has 0 aliphatic rings. The quantitative estimate of drug-likeness (QED) is 0.610. The summed E-state index contributed by atoms with van der Waals surface area (Å²) in [4.78, 5) is 21.5.